The molecule has 1 aromatic rings. The van der Waals surface area contributed by atoms with Crippen LogP contribution in [0.3, 0.4) is 0 Å². The fourth-order valence-corrected chi connectivity index (χ4v) is 2.82. The first-order chi connectivity index (χ1) is 7.70. The van der Waals surface area contributed by atoms with Gasteiger partial charge >= 0.3 is 0 Å². The van der Waals surface area contributed by atoms with Crippen molar-refractivity contribution < 1.29 is 0 Å². The normalized spacial score (nSPS) is 24.7. The quantitative estimate of drug-likeness (QED) is 0.897. The zero-order valence-electron chi connectivity index (χ0n) is 9.54. The Kier molecular flexibility index (Phi) is 3.82. The highest BCUT2D eigenvalue weighted by molar-refractivity contribution is 9.10. The average molecular weight is 284 g/mol. The lowest BCUT2D eigenvalue weighted by molar-refractivity contribution is 0.515. The molecule has 1 aromatic heterocycles. The van der Waals surface area contributed by atoms with E-state index in [2.05, 4.69) is 39.2 Å². The standard InChI is InChI=1S/C12H18BrN3/c1-8-5-10(13)7-15-12(8)16-11-4-2-3-9(11)6-14/h5,7,9,11H,2-4,6,14H2,1H3,(H,15,16). The van der Waals surface area contributed by atoms with E-state index in [1.54, 1.807) is 0 Å². The van der Waals surface area contributed by atoms with Crippen molar-refractivity contribution in [2.75, 3.05) is 11.9 Å². The maximum absolute atomic E-state index is 5.77. The van der Waals surface area contributed by atoms with Crippen molar-refractivity contribution in [3.05, 3.63) is 22.3 Å². The van der Waals surface area contributed by atoms with Gasteiger partial charge in [-0.3, -0.25) is 0 Å². The summed E-state index contributed by atoms with van der Waals surface area (Å²) in [4.78, 5) is 4.41. The first-order valence-corrected chi connectivity index (χ1v) is 6.58. The van der Waals surface area contributed by atoms with Gasteiger partial charge in [-0.1, -0.05) is 6.42 Å². The van der Waals surface area contributed by atoms with Gasteiger partial charge < -0.3 is 11.1 Å². The van der Waals surface area contributed by atoms with Crippen molar-refractivity contribution in [3.63, 3.8) is 0 Å². The van der Waals surface area contributed by atoms with Gasteiger partial charge in [0.2, 0.25) is 0 Å². The molecule has 0 aliphatic heterocycles. The van der Waals surface area contributed by atoms with Crippen LogP contribution in [0, 0.1) is 12.8 Å². The lowest BCUT2D eigenvalue weighted by atomic mass is 10.0. The van der Waals surface area contributed by atoms with Gasteiger partial charge in [0, 0.05) is 16.7 Å². The fraction of sp³-hybridized carbons (Fsp3) is 0.583. The van der Waals surface area contributed by atoms with Crippen LogP contribution in [0.25, 0.3) is 0 Å². The molecule has 0 radical (unpaired) electrons. The molecule has 1 heterocycles. The van der Waals surface area contributed by atoms with Crippen molar-refractivity contribution in [2.24, 2.45) is 11.7 Å². The minimum absolute atomic E-state index is 0.498. The predicted octanol–water partition coefficient (Wildman–Crippen LogP) is 2.69. The smallest absolute Gasteiger partial charge is 0.129 e. The van der Waals surface area contributed by atoms with Crippen LogP contribution in [0.4, 0.5) is 5.82 Å². The van der Waals surface area contributed by atoms with Gasteiger partial charge in [-0.2, -0.15) is 0 Å². The summed E-state index contributed by atoms with van der Waals surface area (Å²) in [6, 6.07) is 2.58. The molecule has 0 aromatic carbocycles. The Balaban J connectivity index is 2.08. The first-order valence-electron chi connectivity index (χ1n) is 5.79. The molecule has 0 spiro atoms. The summed E-state index contributed by atoms with van der Waals surface area (Å²) in [5.41, 5.74) is 6.95. The Morgan fingerprint density at radius 2 is 2.38 bits per heavy atom. The highest BCUT2D eigenvalue weighted by atomic mass is 79.9. The second-order valence-corrected chi connectivity index (χ2v) is 5.41. The van der Waals surface area contributed by atoms with E-state index in [-0.39, 0.29) is 0 Å². The van der Waals surface area contributed by atoms with Gasteiger partial charge in [0.25, 0.3) is 0 Å². The second-order valence-electron chi connectivity index (χ2n) is 4.50. The molecule has 2 atom stereocenters. The summed E-state index contributed by atoms with van der Waals surface area (Å²) < 4.78 is 1.03. The Labute approximate surface area is 105 Å². The van der Waals surface area contributed by atoms with Gasteiger partial charge in [0.1, 0.15) is 5.82 Å². The van der Waals surface area contributed by atoms with E-state index >= 15 is 0 Å². The Hall–Kier alpha value is -0.610. The van der Waals surface area contributed by atoms with Gasteiger partial charge in [-0.25, -0.2) is 4.98 Å². The minimum atomic E-state index is 0.498. The topological polar surface area (TPSA) is 50.9 Å². The molecule has 3 nitrogen and oxygen atoms in total. The molecule has 1 aliphatic rings. The van der Waals surface area contributed by atoms with Crippen LogP contribution >= 0.6 is 15.9 Å². The molecule has 3 N–H and O–H groups in total. The van der Waals surface area contributed by atoms with Crippen molar-refractivity contribution >= 4 is 21.7 Å². The zero-order valence-corrected chi connectivity index (χ0v) is 11.1. The monoisotopic (exact) mass is 283 g/mol. The van der Waals surface area contributed by atoms with Crippen LogP contribution in [0.2, 0.25) is 0 Å². The van der Waals surface area contributed by atoms with Crippen molar-refractivity contribution in [1.82, 2.24) is 4.98 Å². The lowest BCUT2D eigenvalue weighted by Crippen LogP contribution is -2.30. The summed E-state index contributed by atoms with van der Waals surface area (Å²) in [5, 5.41) is 3.53. The van der Waals surface area contributed by atoms with Gasteiger partial charge in [-0.15, -0.1) is 0 Å². The van der Waals surface area contributed by atoms with Crippen molar-refractivity contribution in [3.8, 4) is 0 Å². The zero-order chi connectivity index (χ0) is 11.5. The number of nitrogens with two attached hydrogens (primary N) is 1. The van der Waals surface area contributed by atoms with Gasteiger partial charge in [0.05, 0.1) is 0 Å². The number of hydrogen-bond acceptors (Lipinski definition) is 3. The van der Waals surface area contributed by atoms with E-state index in [4.69, 9.17) is 5.73 Å². The molecule has 1 aliphatic carbocycles. The Morgan fingerprint density at radius 3 is 3.06 bits per heavy atom. The number of nitrogens with zero attached hydrogens (tertiary/aromatic N) is 1. The maximum Gasteiger partial charge on any atom is 0.129 e. The number of hydrogen-bond donors (Lipinski definition) is 2. The minimum Gasteiger partial charge on any atom is -0.367 e. The molecular formula is C12H18BrN3. The molecule has 0 saturated heterocycles. The summed E-state index contributed by atoms with van der Waals surface area (Å²) in [6.07, 6.45) is 5.56. The van der Waals surface area contributed by atoms with Crippen LogP contribution in [-0.2, 0) is 0 Å². The summed E-state index contributed by atoms with van der Waals surface area (Å²) >= 11 is 3.42. The largest absolute Gasteiger partial charge is 0.367 e. The number of aromatic nitrogens is 1. The molecule has 0 amide bonds. The van der Waals surface area contributed by atoms with E-state index < -0.39 is 0 Å². The highest BCUT2D eigenvalue weighted by Crippen LogP contribution is 2.28. The van der Waals surface area contributed by atoms with Crippen molar-refractivity contribution in [1.29, 1.82) is 0 Å². The highest BCUT2D eigenvalue weighted by Gasteiger charge is 2.26. The number of rotatable bonds is 3. The number of aryl methyl sites for hydroxylation is 1. The third-order valence-corrected chi connectivity index (χ3v) is 3.76. The van der Waals surface area contributed by atoms with Crippen LogP contribution in [0.5, 0.6) is 0 Å². The van der Waals surface area contributed by atoms with E-state index in [0.29, 0.717) is 12.0 Å². The van der Waals surface area contributed by atoms with Crippen LogP contribution in [0.1, 0.15) is 24.8 Å². The molecule has 2 rings (SSSR count). The number of pyridine rings is 1. The molecule has 16 heavy (non-hydrogen) atoms. The van der Waals surface area contributed by atoms with E-state index in [9.17, 15) is 0 Å². The third kappa shape index (κ3) is 2.55. The molecule has 88 valence electrons. The van der Waals surface area contributed by atoms with E-state index in [1.165, 1.54) is 24.8 Å². The number of halogens is 1. The van der Waals surface area contributed by atoms with Crippen molar-refractivity contribution in [2.45, 2.75) is 32.2 Å². The SMILES string of the molecule is Cc1cc(Br)cnc1NC1CCCC1CN. The predicted molar refractivity (Wildman–Crippen MR) is 70.5 cm³/mol. The molecule has 0 bridgehead atoms. The maximum atomic E-state index is 5.77. The van der Waals surface area contributed by atoms with Crippen LogP contribution in [0.15, 0.2) is 16.7 Å². The molecular weight excluding hydrogens is 266 g/mol. The molecule has 1 fully saturated rings. The fourth-order valence-electron chi connectivity index (χ4n) is 2.38. The number of nitrogens with one attached hydrogen (secondary N) is 1. The van der Waals surface area contributed by atoms with Gasteiger partial charge in [0.15, 0.2) is 0 Å². The Morgan fingerprint density at radius 1 is 1.56 bits per heavy atom. The van der Waals surface area contributed by atoms with E-state index in [0.717, 1.165) is 16.8 Å². The lowest BCUT2D eigenvalue weighted by Gasteiger charge is -2.21. The Bertz CT molecular complexity index is 367. The van der Waals surface area contributed by atoms with E-state index in [1.807, 2.05) is 6.20 Å². The van der Waals surface area contributed by atoms with Crippen LogP contribution in [-0.4, -0.2) is 17.6 Å². The third-order valence-electron chi connectivity index (χ3n) is 3.33. The first kappa shape index (κ1) is 11.9. The second kappa shape index (κ2) is 5.15. The van der Waals surface area contributed by atoms with Crippen LogP contribution < -0.4 is 11.1 Å². The average Bonchev–Trinajstić information content (AvgIpc) is 2.69. The summed E-state index contributed by atoms with van der Waals surface area (Å²) in [7, 11) is 0. The molecule has 2 unspecified atom stereocenters. The van der Waals surface area contributed by atoms with Gasteiger partial charge in [-0.05, 0) is 59.8 Å². The summed E-state index contributed by atoms with van der Waals surface area (Å²) in [5.74, 6) is 1.60. The molecule has 1 saturated carbocycles. The summed E-state index contributed by atoms with van der Waals surface area (Å²) in [6.45, 7) is 2.85. The number of anilines is 1. The molecule has 4 heteroatoms.